The number of hydrogen-bond donors (Lipinski definition) is 2. The summed E-state index contributed by atoms with van der Waals surface area (Å²) >= 11 is 0. The van der Waals surface area contributed by atoms with Gasteiger partial charge in [-0.1, -0.05) is 27.4 Å². The van der Waals surface area contributed by atoms with E-state index in [0.717, 1.165) is 12.8 Å². The van der Waals surface area contributed by atoms with Crippen LogP contribution in [0.4, 0.5) is 9.59 Å². The molecule has 2 atom stereocenters. The normalized spacial score (nSPS) is 23.7. The molecule has 8 heteroatoms. The van der Waals surface area contributed by atoms with E-state index in [2.05, 4.69) is 42.7 Å². The zero-order valence-corrected chi connectivity index (χ0v) is 17.0. The van der Waals surface area contributed by atoms with Gasteiger partial charge in [0.1, 0.15) is 13.2 Å². The van der Waals surface area contributed by atoms with E-state index in [0.29, 0.717) is 18.5 Å². The van der Waals surface area contributed by atoms with E-state index in [1.54, 1.807) is 6.92 Å². The minimum atomic E-state index is -0.549. The lowest BCUT2D eigenvalue weighted by atomic mass is 9.62. The second kappa shape index (κ2) is 9.62. The second-order valence-electron chi connectivity index (χ2n) is 8.30. The Kier molecular flexibility index (Phi) is 8.12. The molecule has 154 valence electrons. The minimum Gasteiger partial charge on any atom is -0.459 e. The van der Waals surface area contributed by atoms with Crippen LogP contribution in [0.15, 0.2) is 12.2 Å². The van der Waals surface area contributed by atoms with E-state index >= 15 is 0 Å². The molecule has 2 unspecified atom stereocenters. The Morgan fingerprint density at radius 2 is 1.70 bits per heavy atom. The first-order valence-corrected chi connectivity index (χ1v) is 9.04. The Bertz CT molecular complexity index is 575. The van der Waals surface area contributed by atoms with Crippen LogP contribution in [0, 0.1) is 10.8 Å². The van der Waals surface area contributed by atoms with Gasteiger partial charge in [-0.15, -0.1) is 0 Å². The average molecular weight is 384 g/mol. The Morgan fingerprint density at radius 3 is 2.30 bits per heavy atom. The number of nitrogens with one attached hydrogen (secondary N) is 2. The maximum atomic E-state index is 12.0. The van der Waals surface area contributed by atoms with Gasteiger partial charge in [0.15, 0.2) is 0 Å². The highest BCUT2D eigenvalue weighted by Gasteiger charge is 2.42. The van der Waals surface area contributed by atoms with E-state index in [1.807, 2.05) is 0 Å². The molecule has 1 rings (SSSR count). The Labute approximate surface area is 161 Å². The molecule has 0 radical (unpaired) electrons. The summed E-state index contributed by atoms with van der Waals surface area (Å²) in [5, 5.41) is 5.63. The quantitative estimate of drug-likeness (QED) is 0.303. The topological polar surface area (TPSA) is 103 Å². The number of alkyl carbamates (subject to hydrolysis) is 2. The van der Waals surface area contributed by atoms with Crippen LogP contribution in [0.5, 0.6) is 0 Å². The summed E-state index contributed by atoms with van der Waals surface area (Å²) in [4.78, 5) is 34.7. The number of amides is 2. The van der Waals surface area contributed by atoms with Crippen molar-refractivity contribution in [3.05, 3.63) is 12.2 Å². The number of methoxy groups -OCH3 is 1. The van der Waals surface area contributed by atoms with E-state index < -0.39 is 18.2 Å². The fraction of sp³-hybridized carbons (Fsp3) is 0.737. The summed E-state index contributed by atoms with van der Waals surface area (Å²) in [6.07, 6.45) is 1.41. The van der Waals surface area contributed by atoms with Crippen LogP contribution in [0.25, 0.3) is 0 Å². The third-order valence-corrected chi connectivity index (χ3v) is 4.51. The first-order valence-electron chi connectivity index (χ1n) is 9.04. The monoisotopic (exact) mass is 384 g/mol. The van der Waals surface area contributed by atoms with E-state index in [-0.39, 0.29) is 30.1 Å². The van der Waals surface area contributed by atoms with Crippen molar-refractivity contribution in [2.24, 2.45) is 10.8 Å². The molecule has 2 N–H and O–H groups in total. The molecule has 1 aliphatic rings. The van der Waals surface area contributed by atoms with Crippen LogP contribution < -0.4 is 10.6 Å². The molecular weight excluding hydrogens is 352 g/mol. The van der Waals surface area contributed by atoms with Gasteiger partial charge in [0.25, 0.3) is 0 Å². The first kappa shape index (κ1) is 22.8. The van der Waals surface area contributed by atoms with Crippen LogP contribution in [0.2, 0.25) is 0 Å². The third-order valence-electron chi connectivity index (χ3n) is 4.51. The molecule has 0 heterocycles. The van der Waals surface area contributed by atoms with Crippen LogP contribution in [-0.2, 0) is 19.0 Å². The van der Waals surface area contributed by atoms with Crippen molar-refractivity contribution in [2.75, 3.05) is 26.9 Å². The standard InChI is InChI=1S/C19H32N2O6/c1-13(2)15(22)26-7-8-27-17(24)21-14-9-18(3,4)11-19(5,10-14)12-20-16(23)25-6/h14H,1,7-12H2,2-6H3,(H,20,23)(H,21,24). The number of ether oxygens (including phenoxy) is 3. The van der Waals surface area contributed by atoms with Gasteiger partial charge in [0, 0.05) is 18.2 Å². The van der Waals surface area contributed by atoms with Gasteiger partial charge in [0.2, 0.25) is 0 Å². The van der Waals surface area contributed by atoms with Gasteiger partial charge in [-0.2, -0.15) is 0 Å². The average Bonchev–Trinajstić information content (AvgIpc) is 2.54. The molecule has 0 aromatic carbocycles. The molecule has 0 aliphatic heterocycles. The fourth-order valence-electron chi connectivity index (χ4n) is 3.83. The lowest BCUT2D eigenvalue weighted by Gasteiger charge is -2.46. The van der Waals surface area contributed by atoms with E-state index in [1.165, 1.54) is 7.11 Å². The molecule has 2 amide bonds. The predicted octanol–water partition coefficient (Wildman–Crippen LogP) is 2.77. The van der Waals surface area contributed by atoms with Crippen molar-refractivity contribution in [1.82, 2.24) is 10.6 Å². The van der Waals surface area contributed by atoms with Gasteiger partial charge in [-0.25, -0.2) is 14.4 Å². The lowest BCUT2D eigenvalue weighted by molar-refractivity contribution is -0.139. The summed E-state index contributed by atoms with van der Waals surface area (Å²) in [6.45, 7) is 11.8. The smallest absolute Gasteiger partial charge is 0.407 e. The van der Waals surface area contributed by atoms with Crippen molar-refractivity contribution < 1.29 is 28.6 Å². The molecule has 0 aromatic heterocycles. The molecule has 8 nitrogen and oxygen atoms in total. The molecule has 1 fully saturated rings. The largest absolute Gasteiger partial charge is 0.459 e. The first-order chi connectivity index (χ1) is 12.5. The van der Waals surface area contributed by atoms with Crippen LogP contribution in [0.3, 0.4) is 0 Å². The highest BCUT2D eigenvalue weighted by atomic mass is 16.6. The molecule has 0 bridgehead atoms. The summed E-state index contributed by atoms with van der Waals surface area (Å²) in [5.41, 5.74) is 0.119. The summed E-state index contributed by atoms with van der Waals surface area (Å²) in [7, 11) is 1.33. The highest BCUT2D eigenvalue weighted by molar-refractivity contribution is 5.86. The number of rotatable bonds is 7. The van der Waals surface area contributed by atoms with Gasteiger partial charge < -0.3 is 24.8 Å². The van der Waals surface area contributed by atoms with Crippen molar-refractivity contribution in [2.45, 2.75) is 53.0 Å². The zero-order chi connectivity index (χ0) is 20.7. The molecule has 0 spiro atoms. The predicted molar refractivity (Wildman–Crippen MR) is 100 cm³/mol. The van der Waals surface area contributed by atoms with Gasteiger partial charge in [0.05, 0.1) is 7.11 Å². The molecule has 1 aliphatic carbocycles. The van der Waals surface area contributed by atoms with Crippen molar-refractivity contribution in [1.29, 1.82) is 0 Å². The Morgan fingerprint density at radius 1 is 1.07 bits per heavy atom. The number of carbonyl (C=O) groups excluding carboxylic acids is 3. The van der Waals surface area contributed by atoms with E-state index in [4.69, 9.17) is 9.47 Å². The van der Waals surface area contributed by atoms with Gasteiger partial charge >= 0.3 is 18.2 Å². The molecule has 27 heavy (non-hydrogen) atoms. The molecular formula is C19H32N2O6. The molecule has 0 saturated heterocycles. The minimum absolute atomic E-state index is 0.000234. The third kappa shape index (κ3) is 8.32. The van der Waals surface area contributed by atoms with Crippen LogP contribution in [0.1, 0.15) is 47.0 Å². The van der Waals surface area contributed by atoms with Crippen LogP contribution in [-0.4, -0.2) is 51.1 Å². The fourth-order valence-corrected chi connectivity index (χ4v) is 3.83. The SMILES string of the molecule is C=C(C)C(=O)OCCOC(=O)NC1CC(C)(C)CC(C)(CNC(=O)OC)C1. The van der Waals surface area contributed by atoms with Crippen molar-refractivity contribution in [3.8, 4) is 0 Å². The number of carbonyl (C=O) groups is 3. The number of hydrogen-bond acceptors (Lipinski definition) is 6. The summed E-state index contributed by atoms with van der Waals surface area (Å²) < 4.78 is 14.6. The number of esters is 1. The zero-order valence-electron chi connectivity index (χ0n) is 17.0. The Hall–Kier alpha value is -2.25. The Balaban J connectivity index is 2.50. The highest BCUT2D eigenvalue weighted by Crippen LogP contribution is 2.45. The van der Waals surface area contributed by atoms with Crippen molar-refractivity contribution in [3.63, 3.8) is 0 Å². The van der Waals surface area contributed by atoms with Crippen LogP contribution >= 0.6 is 0 Å². The van der Waals surface area contributed by atoms with Crippen molar-refractivity contribution >= 4 is 18.2 Å². The summed E-state index contributed by atoms with van der Waals surface area (Å²) in [5.74, 6) is -0.512. The second-order valence-corrected chi connectivity index (χ2v) is 8.30. The van der Waals surface area contributed by atoms with Gasteiger partial charge in [-0.3, -0.25) is 0 Å². The molecule has 1 saturated carbocycles. The van der Waals surface area contributed by atoms with Gasteiger partial charge in [-0.05, 0) is 37.0 Å². The summed E-state index contributed by atoms with van der Waals surface area (Å²) in [6, 6.07) is -0.0799. The molecule has 0 aromatic rings. The maximum absolute atomic E-state index is 12.0. The lowest BCUT2D eigenvalue weighted by Crippen LogP contribution is -2.50. The van der Waals surface area contributed by atoms with E-state index in [9.17, 15) is 14.4 Å². The maximum Gasteiger partial charge on any atom is 0.407 e.